The van der Waals surface area contributed by atoms with Crippen LogP contribution in [0.2, 0.25) is 0 Å². The Morgan fingerprint density at radius 1 is 1.27 bits per heavy atom. The van der Waals surface area contributed by atoms with Crippen molar-refractivity contribution < 1.29 is 27.4 Å². The highest BCUT2D eigenvalue weighted by atomic mass is 19.4. The van der Waals surface area contributed by atoms with E-state index in [1.54, 1.807) is 6.07 Å². The van der Waals surface area contributed by atoms with E-state index < -0.39 is 11.7 Å². The smallest absolute Gasteiger partial charge is 0.416 e. The Balaban J connectivity index is 1.47. The number of aryl methyl sites for hydroxylation is 1. The van der Waals surface area contributed by atoms with Gasteiger partial charge in [0.15, 0.2) is 6.61 Å². The summed E-state index contributed by atoms with van der Waals surface area (Å²) < 4.78 is 48.9. The fourth-order valence-electron chi connectivity index (χ4n) is 2.49. The van der Waals surface area contributed by atoms with Crippen LogP contribution in [0.3, 0.4) is 0 Å². The monoisotopic (exact) mass is 366 g/mol. The number of halogens is 3. The Labute approximate surface area is 148 Å². The number of aromatic nitrogens is 1. The average Bonchev–Trinajstić information content (AvgIpc) is 2.56. The van der Waals surface area contributed by atoms with Gasteiger partial charge in [-0.25, -0.2) is 4.98 Å². The van der Waals surface area contributed by atoms with Gasteiger partial charge in [0.05, 0.1) is 18.7 Å². The van der Waals surface area contributed by atoms with Crippen LogP contribution in [0, 0.1) is 6.92 Å². The van der Waals surface area contributed by atoms with Crippen molar-refractivity contribution in [3.8, 4) is 11.6 Å². The third-order valence-corrected chi connectivity index (χ3v) is 4.00. The van der Waals surface area contributed by atoms with Crippen LogP contribution in [-0.4, -0.2) is 41.6 Å². The number of hydrogen-bond acceptors (Lipinski definition) is 4. The molecule has 3 rings (SSSR count). The molecule has 2 heterocycles. The summed E-state index contributed by atoms with van der Waals surface area (Å²) in [5, 5.41) is 0. The number of nitrogens with zero attached hydrogens (tertiary/aromatic N) is 2. The van der Waals surface area contributed by atoms with E-state index in [-0.39, 0.29) is 37.6 Å². The van der Waals surface area contributed by atoms with Crippen molar-refractivity contribution >= 4 is 5.91 Å². The first-order chi connectivity index (χ1) is 12.3. The van der Waals surface area contributed by atoms with Crippen molar-refractivity contribution in [1.29, 1.82) is 0 Å². The van der Waals surface area contributed by atoms with E-state index in [9.17, 15) is 18.0 Å². The minimum Gasteiger partial charge on any atom is -0.484 e. The molecular formula is C18H17F3N2O3. The van der Waals surface area contributed by atoms with Gasteiger partial charge in [-0.3, -0.25) is 4.79 Å². The van der Waals surface area contributed by atoms with Crippen LogP contribution >= 0.6 is 0 Å². The maximum atomic E-state index is 12.7. The second-order valence-corrected chi connectivity index (χ2v) is 5.97. The Morgan fingerprint density at radius 2 is 2.00 bits per heavy atom. The van der Waals surface area contributed by atoms with Gasteiger partial charge in [-0.05, 0) is 24.6 Å². The molecule has 1 aliphatic heterocycles. The summed E-state index contributed by atoms with van der Waals surface area (Å²) >= 11 is 0. The van der Waals surface area contributed by atoms with Crippen LogP contribution in [0.25, 0.3) is 0 Å². The molecule has 0 bridgehead atoms. The molecule has 0 aliphatic carbocycles. The molecule has 0 unspecified atom stereocenters. The van der Waals surface area contributed by atoms with E-state index in [0.29, 0.717) is 5.75 Å². The molecule has 1 aromatic heterocycles. The molecular weight excluding hydrogens is 349 g/mol. The molecule has 0 N–H and O–H groups in total. The number of likely N-dealkylation sites (tertiary alicyclic amines) is 1. The van der Waals surface area contributed by atoms with E-state index in [1.165, 1.54) is 4.90 Å². The number of alkyl halides is 3. The molecule has 1 fully saturated rings. The normalized spacial score (nSPS) is 14.7. The largest absolute Gasteiger partial charge is 0.484 e. The molecule has 2 aromatic rings. The number of hydrogen-bond donors (Lipinski definition) is 0. The highest BCUT2D eigenvalue weighted by molar-refractivity contribution is 5.78. The van der Waals surface area contributed by atoms with Gasteiger partial charge >= 0.3 is 6.18 Å². The van der Waals surface area contributed by atoms with Gasteiger partial charge in [0, 0.05) is 12.3 Å². The maximum Gasteiger partial charge on any atom is 0.416 e. The zero-order chi connectivity index (χ0) is 18.7. The molecule has 1 aromatic carbocycles. The average molecular weight is 366 g/mol. The highest BCUT2D eigenvalue weighted by Gasteiger charge is 2.34. The van der Waals surface area contributed by atoms with Crippen molar-refractivity contribution in [3.05, 3.63) is 53.7 Å². The SMILES string of the molecule is Cc1ccccc1OCC(=O)N1CC(Oc2cc(C(F)(F)F)ccn2)C1. The molecule has 0 atom stereocenters. The van der Waals surface area contributed by atoms with E-state index in [0.717, 1.165) is 23.9 Å². The number of rotatable bonds is 5. The minimum absolute atomic E-state index is 0.0978. The van der Waals surface area contributed by atoms with Gasteiger partial charge in [-0.1, -0.05) is 18.2 Å². The quantitative estimate of drug-likeness (QED) is 0.816. The molecule has 0 radical (unpaired) electrons. The Bertz CT molecular complexity index is 789. The lowest BCUT2D eigenvalue weighted by atomic mass is 10.1. The summed E-state index contributed by atoms with van der Waals surface area (Å²) in [6.45, 7) is 2.36. The zero-order valence-corrected chi connectivity index (χ0v) is 14.0. The number of carbonyl (C=O) groups is 1. The number of carbonyl (C=O) groups excluding carboxylic acids is 1. The zero-order valence-electron chi connectivity index (χ0n) is 14.0. The number of benzene rings is 1. The van der Waals surface area contributed by atoms with Gasteiger partial charge in [0.25, 0.3) is 5.91 Å². The van der Waals surface area contributed by atoms with Gasteiger partial charge in [0.2, 0.25) is 5.88 Å². The predicted octanol–water partition coefficient (Wildman–Crippen LogP) is 3.08. The van der Waals surface area contributed by atoms with Crippen LogP contribution in [0.15, 0.2) is 42.6 Å². The Hall–Kier alpha value is -2.77. The summed E-state index contributed by atoms with van der Waals surface area (Å²) in [5.74, 6) is 0.334. The second kappa shape index (κ2) is 7.23. The van der Waals surface area contributed by atoms with Crippen LogP contribution < -0.4 is 9.47 Å². The van der Waals surface area contributed by atoms with E-state index in [1.807, 2.05) is 25.1 Å². The molecule has 8 heteroatoms. The van der Waals surface area contributed by atoms with Gasteiger partial charge in [0.1, 0.15) is 11.9 Å². The van der Waals surface area contributed by atoms with Crippen molar-refractivity contribution in [2.24, 2.45) is 0 Å². The molecule has 0 spiro atoms. The lowest BCUT2D eigenvalue weighted by molar-refractivity contribution is -0.142. The second-order valence-electron chi connectivity index (χ2n) is 5.97. The van der Waals surface area contributed by atoms with Crippen molar-refractivity contribution in [3.63, 3.8) is 0 Å². The summed E-state index contributed by atoms with van der Waals surface area (Å²) in [5.41, 5.74) is 0.113. The summed E-state index contributed by atoms with van der Waals surface area (Å²) in [7, 11) is 0. The molecule has 0 saturated carbocycles. The third kappa shape index (κ3) is 4.25. The molecule has 138 valence electrons. The lowest BCUT2D eigenvalue weighted by Crippen LogP contribution is -2.57. The summed E-state index contributed by atoms with van der Waals surface area (Å²) in [6.07, 6.45) is -3.78. The van der Waals surface area contributed by atoms with Crippen LogP contribution in [-0.2, 0) is 11.0 Å². The van der Waals surface area contributed by atoms with Crippen molar-refractivity contribution in [2.45, 2.75) is 19.2 Å². The van der Waals surface area contributed by atoms with E-state index in [2.05, 4.69) is 4.98 Å². The summed E-state index contributed by atoms with van der Waals surface area (Å²) in [6, 6.07) is 9.10. The van der Waals surface area contributed by atoms with Crippen LogP contribution in [0.4, 0.5) is 13.2 Å². The van der Waals surface area contributed by atoms with Crippen molar-refractivity contribution in [2.75, 3.05) is 19.7 Å². The number of amides is 1. The predicted molar refractivity (Wildman–Crippen MR) is 86.9 cm³/mol. The van der Waals surface area contributed by atoms with Gasteiger partial charge in [-0.2, -0.15) is 13.2 Å². The minimum atomic E-state index is -4.45. The first-order valence-corrected chi connectivity index (χ1v) is 7.99. The lowest BCUT2D eigenvalue weighted by Gasteiger charge is -2.38. The number of ether oxygens (including phenoxy) is 2. The molecule has 5 nitrogen and oxygen atoms in total. The topological polar surface area (TPSA) is 51.7 Å². The van der Waals surface area contributed by atoms with Crippen molar-refractivity contribution in [1.82, 2.24) is 9.88 Å². The molecule has 1 amide bonds. The highest BCUT2D eigenvalue weighted by Crippen LogP contribution is 2.31. The fraction of sp³-hybridized carbons (Fsp3) is 0.333. The number of para-hydroxylation sites is 1. The standard InChI is InChI=1S/C18H17F3N2O3/c1-12-4-2-3-5-15(12)25-11-17(24)23-9-14(10-23)26-16-8-13(6-7-22-16)18(19,20)21/h2-8,14H,9-11H2,1H3. The fourth-order valence-corrected chi connectivity index (χ4v) is 2.49. The van der Waals surface area contributed by atoms with Gasteiger partial charge in [-0.15, -0.1) is 0 Å². The number of pyridine rings is 1. The Morgan fingerprint density at radius 3 is 2.69 bits per heavy atom. The van der Waals surface area contributed by atoms with Crippen LogP contribution in [0.1, 0.15) is 11.1 Å². The summed E-state index contributed by atoms with van der Waals surface area (Å²) in [4.78, 5) is 17.4. The maximum absolute atomic E-state index is 12.7. The third-order valence-electron chi connectivity index (χ3n) is 4.00. The Kier molecular flexibility index (Phi) is 5.01. The van der Waals surface area contributed by atoms with E-state index in [4.69, 9.17) is 9.47 Å². The van der Waals surface area contributed by atoms with Gasteiger partial charge < -0.3 is 14.4 Å². The molecule has 26 heavy (non-hydrogen) atoms. The van der Waals surface area contributed by atoms with Crippen LogP contribution in [0.5, 0.6) is 11.6 Å². The molecule has 1 saturated heterocycles. The van der Waals surface area contributed by atoms with E-state index >= 15 is 0 Å². The first-order valence-electron chi connectivity index (χ1n) is 7.99. The molecule has 1 aliphatic rings. The first kappa shape index (κ1) is 18.0.